The molecule has 0 fully saturated rings. The summed E-state index contributed by atoms with van der Waals surface area (Å²) < 4.78 is 11.6. The summed E-state index contributed by atoms with van der Waals surface area (Å²) in [5, 5.41) is 11.9. The fourth-order valence-electron chi connectivity index (χ4n) is 5.11. The quantitative estimate of drug-likeness (QED) is 0.392. The number of aromatic nitrogens is 2. The van der Waals surface area contributed by atoms with Gasteiger partial charge in [0.05, 0.1) is 41.7 Å². The van der Waals surface area contributed by atoms with E-state index >= 15 is 0 Å². The Bertz CT molecular complexity index is 1670. The number of fused-ring (bicyclic) bond motifs is 5. The summed E-state index contributed by atoms with van der Waals surface area (Å²) in [6.07, 6.45) is 0.0969. The Balaban J connectivity index is 1.47. The summed E-state index contributed by atoms with van der Waals surface area (Å²) in [7, 11) is 1.35. The number of methoxy groups -OCH3 is 1. The number of carbonyl (C=O) groups is 2. The minimum atomic E-state index is -1.85. The van der Waals surface area contributed by atoms with Crippen LogP contribution in [0.25, 0.3) is 33.4 Å². The van der Waals surface area contributed by atoms with Crippen LogP contribution >= 0.6 is 0 Å². The Morgan fingerprint density at radius 1 is 1.14 bits per heavy atom. The maximum atomic E-state index is 13.3. The molecular weight excluding hydrogens is 460 g/mol. The van der Waals surface area contributed by atoms with E-state index in [1.54, 1.807) is 29.7 Å². The van der Waals surface area contributed by atoms with Crippen LogP contribution in [-0.4, -0.2) is 33.7 Å². The van der Waals surface area contributed by atoms with Crippen molar-refractivity contribution >= 4 is 22.8 Å². The van der Waals surface area contributed by atoms with Gasteiger partial charge in [-0.05, 0) is 53.9 Å². The highest BCUT2D eigenvalue weighted by atomic mass is 16.6. The predicted molar refractivity (Wildman–Crippen MR) is 131 cm³/mol. The number of esters is 2. The number of hydrogen-bond donors (Lipinski definition) is 1. The number of aliphatic hydroxyl groups is 1. The molecule has 36 heavy (non-hydrogen) atoms. The van der Waals surface area contributed by atoms with E-state index in [1.807, 2.05) is 36.4 Å². The Hall–Kier alpha value is -4.30. The second kappa shape index (κ2) is 7.86. The van der Waals surface area contributed by atoms with E-state index < -0.39 is 17.5 Å². The molecule has 8 heteroatoms. The highest BCUT2D eigenvalue weighted by molar-refractivity contribution is 5.92. The van der Waals surface area contributed by atoms with Gasteiger partial charge < -0.3 is 19.1 Å². The molecule has 0 bridgehead atoms. The van der Waals surface area contributed by atoms with Gasteiger partial charge in [-0.25, -0.2) is 14.6 Å². The van der Waals surface area contributed by atoms with Gasteiger partial charge in [0.15, 0.2) is 5.60 Å². The highest BCUT2D eigenvalue weighted by Gasteiger charge is 2.45. The molecule has 2 aromatic heterocycles. The van der Waals surface area contributed by atoms with Gasteiger partial charge >= 0.3 is 11.9 Å². The summed E-state index contributed by atoms with van der Waals surface area (Å²) in [5.41, 5.74) is 3.56. The van der Waals surface area contributed by atoms with Crippen LogP contribution in [0.15, 0.2) is 59.4 Å². The maximum Gasteiger partial charge on any atom is 0.343 e. The van der Waals surface area contributed by atoms with Crippen molar-refractivity contribution in [3.8, 4) is 22.5 Å². The summed E-state index contributed by atoms with van der Waals surface area (Å²) in [4.78, 5) is 42.5. The Labute approximate surface area is 205 Å². The lowest BCUT2D eigenvalue weighted by Gasteiger charge is -2.31. The number of carbonyl (C=O) groups excluding carboxylic acids is 2. The minimum absolute atomic E-state index is 0.0969. The fourth-order valence-corrected chi connectivity index (χ4v) is 5.11. The molecule has 0 unspecified atom stereocenters. The van der Waals surface area contributed by atoms with Crippen LogP contribution < -0.4 is 5.56 Å². The van der Waals surface area contributed by atoms with Gasteiger partial charge in [-0.15, -0.1) is 0 Å². The monoisotopic (exact) mass is 482 g/mol. The van der Waals surface area contributed by atoms with Crippen LogP contribution in [0.2, 0.25) is 0 Å². The van der Waals surface area contributed by atoms with Crippen LogP contribution in [0.3, 0.4) is 0 Å². The fraction of sp³-hybridized carbons (Fsp3) is 0.214. The number of hydrogen-bond acceptors (Lipinski definition) is 7. The molecule has 0 radical (unpaired) electrons. The van der Waals surface area contributed by atoms with Gasteiger partial charge in [0.1, 0.15) is 6.61 Å². The zero-order valence-electron chi connectivity index (χ0n) is 19.7. The molecule has 1 atom stereocenters. The van der Waals surface area contributed by atoms with Crippen molar-refractivity contribution in [1.82, 2.24) is 9.55 Å². The first-order valence-corrected chi connectivity index (χ1v) is 11.6. The number of cyclic esters (lactones) is 1. The number of nitrogens with zero attached hydrogens (tertiary/aromatic N) is 2. The SMILES string of the molecule is CC[C@@]1(O)C(=O)OCc2c1cc1n(c2=O)Cc2cc3cc(-c4cccc(C(=O)OC)c4)ccc3nc2-1. The summed E-state index contributed by atoms with van der Waals surface area (Å²) in [6.45, 7) is 1.86. The van der Waals surface area contributed by atoms with Crippen LogP contribution in [-0.2, 0) is 33.0 Å². The van der Waals surface area contributed by atoms with Crippen molar-refractivity contribution in [2.75, 3.05) is 7.11 Å². The van der Waals surface area contributed by atoms with Crippen molar-refractivity contribution in [2.45, 2.75) is 32.1 Å². The van der Waals surface area contributed by atoms with Crippen molar-refractivity contribution in [3.63, 3.8) is 0 Å². The van der Waals surface area contributed by atoms with Gasteiger partial charge in [0.2, 0.25) is 0 Å². The molecule has 0 spiro atoms. The molecule has 1 N–H and O–H groups in total. The van der Waals surface area contributed by atoms with E-state index in [2.05, 4.69) is 0 Å². The van der Waals surface area contributed by atoms with Gasteiger partial charge in [-0.2, -0.15) is 0 Å². The van der Waals surface area contributed by atoms with Crippen molar-refractivity contribution < 1.29 is 24.2 Å². The van der Waals surface area contributed by atoms with Crippen molar-refractivity contribution in [2.24, 2.45) is 0 Å². The normalized spacial score (nSPS) is 17.8. The predicted octanol–water partition coefficient (Wildman–Crippen LogP) is 3.53. The zero-order valence-corrected chi connectivity index (χ0v) is 19.7. The Kier molecular flexibility index (Phi) is 4.84. The summed E-state index contributed by atoms with van der Waals surface area (Å²) in [5.74, 6) is -1.14. The second-order valence-electron chi connectivity index (χ2n) is 9.08. The first-order valence-electron chi connectivity index (χ1n) is 11.6. The summed E-state index contributed by atoms with van der Waals surface area (Å²) in [6, 6.07) is 16.8. The molecule has 0 aliphatic carbocycles. The molecule has 0 amide bonds. The lowest BCUT2D eigenvalue weighted by Crippen LogP contribution is -2.44. The van der Waals surface area contributed by atoms with Crippen LogP contribution in [0.1, 0.15) is 40.4 Å². The molecule has 180 valence electrons. The first-order chi connectivity index (χ1) is 17.3. The topological polar surface area (TPSA) is 108 Å². The lowest BCUT2D eigenvalue weighted by molar-refractivity contribution is -0.172. The van der Waals surface area contributed by atoms with E-state index in [4.69, 9.17) is 14.5 Å². The molecule has 2 aromatic carbocycles. The number of rotatable bonds is 3. The van der Waals surface area contributed by atoms with Gasteiger partial charge in [-0.3, -0.25) is 4.79 Å². The molecule has 0 saturated heterocycles. The van der Waals surface area contributed by atoms with Gasteiger partial charge in [0.25, 0.3) is 5.56 Å². The molecule has 2 aliphatic rings. The van der Waals surface area contributed by atoms with E-state index in [-0.39, 0.29) is 18.6 Å². The number of ether oxygens (including phenoxy) is 2. The minimum Gasteiger partial charge on any atom is -0.465 e. The second-order valence-corrected chi connectivity index (χ2v) is 9.08. The average Bonchev–Trinajstić information content (AvgIpc) is 3.26. The molecule has 0 saturated carbocycles. The standard InChI is InChI=1S/C28H22N2O6/c1-3-28(34)21-12-23-24-19(13-30(23)25(31)20(21)14-36-27(28)33)11-18-10-16(7-8-22(18)29-24)15-5-4-6-17(9-15)26(32)35-2/h4-12,34H,3,13-14H2,1-2H3/t28-/m0/s1. The van der Waals surface area contributed by atoms with Crippen molar-refractivity contribution in [3.05, 3.63) is 87.2 Å². The number of pyridine rings is 2. The van der Waals surface area contributed by atoms with Crippen LogP contribution in [0, 0.1) is 0 Å². The first kappa shape index (κ1) is 22.2. The molecule has 4 aromatic rings. The lowest BCUT2D eigenvalue weighted by atomic mass is 9.86. The third kappa shape index (κ3) is 3.11. The molecular formula is C28H22N2O6. The smallest absolute Gasteiger partial charge is 0.343 e. The Morgan fingerprint density at radius 2 is 1.94 bits per heavy atom. The van der Waals surface area contributed by atoms with Crippen LogP contribution in [0.4, 0.5) is 0 Å². The van der Waals surface area contributed by atoms with E-state index in [0.29, 0.717) is 34.6 Å². The largest absolute Gasteiger partial charge is 0.465 e. The molecule has 4 heterocycles. The third-order valence-electron chi connectivity index (χ3n) is 7.12. The van der Waals surface area contributed by atoms with Crippen molar-refractivity contribution in [1.29, 1.82) is 0 Å². The highest BCUT2D eigenvalue weighted by Crippen LogP contribution is 2.39. The summed E-state index contributed by atoms with van der Waals surface area (Å²) >= 11 is 0. The zero-order chi connectivity index (χ0) is 25.2. The molecule has 2 aliphatic heterocycles. The van der Waals surface area contributed by atoms with E-state index in [0.717, 1.165) is 27.6 Å². The van der Waals surface area contributed by atoms with E-state index in [9.17, 15) is 19.5 Å². The third-order valence-corrected chi connectivity index (χ3v) is 7.12. The molecule has 6 rings (SSSR count). The molecule has 8 nitrogen and oxygen atoms in total. The average molecular weight is 482 g/mol. The maximum absolute atomic E-state index is 13.3. The number of benzene rings is 2. The van der Waals surface area contributed by atoms with Gasteiger partial charge in [-0.1, -0.05) is 25.1 Å². The van der Waals surface area contributed by atoms with Gasteiger partial charge in [0, 0.05) is 16.5 Å². The van der Waals surface area contributed by atoms with Crippen LogP contribution in [0.5, 0.6) is 0 Å². The van der Waals surface area contributed by atoms with E-state index in [1.165, 1.54) is 7.11 Å². The Morgan fingerprint density at radius 3 is 2.72 bits per heavy atom.